The summed E-state index contributed by atoms with van der Waals surface area (Å²) in [4.78, 5) is 0. The predicted octanol–water partition coefficient (Wildman–Crippen LogP) is 4.39. The number of hydrogen-bond donors (Lipinski definition) is 0. The van der Waals surface area contributed by atoms with Gasteiger partial charge in [-0.3, -0.25) is 0 Å². The third-order valence-corrected chi connectivity index (χ3v) is 2.38. The summed E-state index contributed by atoms with van der Waals surface area (Å²) >= 11 is 0. The van der Waals surface area contributed by atoms with Gasteiger partial charge in [0.05, 0.1) is 0 Å². The first-order valence-corrected chi connectivity index (χ1v) is 5.57. The maximum atomic E-state index is 2.33. The Morgan fingerprint density at radius 2 is 1.93 bits per heavy atom. The lowest BCUT2D eigenvalue weighted by Crippen LogP contribution is -1.96. The third-order valence-electron chi connectivity index (χ3n) is 2.38. The predicted molar refractivity (Wildman–Crippen MR) is 67.9 cm³/mol. The summed E-state index contributed by atoms with van der Waals surface area (Å²) in [6, 6.07) is 10.6. The monoisotopic (exact) mass is 200 g/mol. The molecule has 0 saturated carbocycles. The van der Waals surface area contributed by atoms with Gasteiger partial charge in [-0.05, 0) is 31.7 Å². The highest BCUT2D eigenvalue weighted by Gasteiger charge is 1.99. The maximum Gasteiger partial charge on any atom is -0.0216 e. The molecule has 1 atom stereocenters. The van der Waals surface area contributed by atoms with Gasteiger partial charge in [0.25, 0.3) is 0 Å². The van der Waals surface area contributed by atoms with E-state index in [0.29, 0.717) is 5.92 Å². The van der Waals surface area contributed by atoms with Crippen LogP contribution < -0.4 is 0 Å². The average molecular weight is 200 g/mol. The van der Waals surface area contributed by atoms with E-state index in [9.17, 15) is 0 Å². The maximum absolute atomic E-state index is 2.33. The Hall–Kier alpha value is -1.30. The van der Waals surface area contributed by atoms with Crippen LogP contribution in [0.5, 0.6) is 0 Å². The summed E-state index contributed by atoms with van der Waals surface area (Å²) < 4.78 is 0. The number of benzene rings is 1. The van der Waals surface area contributed by atoms with Crippen LogP contribution in [0.15, 0.2) is 54.1 Å². The van der Waals surface area contributed by atoms with E-state index in [1.807, 2.05) is 0 Å². The second-order valence-electron chi connectivity index (χ2n) is 4.08. The summed E-state index contributed by atoms with van der Waals surface area (Å²) in [7, 11) is 0. The van der Waals surface area contributed by atoms with Crippen LogP contribution in [-0.4, -0.2) is 0 Å². The van der Waals surface area contributed by atoms with Gasteiger partial charge in [0.2, 0.25) is 0 Å². The number of hydrogen-bond acceptors (Lipinski definition) is 0. The van der Waals surface area contributed by atoms with Crippen LogP contribution >= 0.6 is 0 Å². The Morgan fingerprint density at radius 1 is 1.27 bits per heavy atom. The fraction of sp³-hybridized carbons (Fsp3) is 0.333. The van der Waals surface area contributed by atoms with E-state index in [0.717, 1.165) is 6.42 Å². The summed E-state index contributed by atoms with van der Waals surface area (Å²) in [6.45, 7) is 6.47. The van der Waals surface area contributed by atoms with Crippen molar-refractivity contribution in [1.82, 2.24) is 0 Å². The zero-order valence-electron chi connectivity index (χ0n) is 9.90. The zero-order chi connectivity index (χ0) is 11.1. The van der Waals surface area contributed by atoms with E-state index in [1.165, 1.54) is 11.1 Å². The molecule has 1 unspecified atom stereocenters. The van der Waals surface area contributed by atoms with E-state index < -0.39 is 0 Å². The average Bonchev–Trinajstić information content (AvgIpc) is 2.19. The van der Waals surface area contributed by atoms with Crippen molar-refractivity contribution in [3.63, 3.8) is 0 Å². The van der Waals surface area contributed by atoms with Crippen LogP contribution in [0.2, 0.25) is 0 Å². The first kappa shape index (κ1) is 11.8. The highest BCUT2D eigenvalue weighted by atomic mass is 14.0. The molecule has 0 aliphatic rings. The molecule has 0 nitrogen and oxygen atoms in total. The van der Waals surface area contributed by atoms with Gasteiger partial charge in [-0.1, -0.05) is 61.1 Å². The van der Waals surface area contributed by atoms with Crippen molar-refractivity contribution in [2.45, 2.75) is 27.2 Å². The highest BCUT2D eigenvalue weighted by molar-refractivity contribution is 5.19. The van der Waals surface area contributed by atoms with Crippen molar-refractivity contribution < 1.29 is 0 Å². The zero-order valence-corrected chi connectivity index (χ0v) is 9.90. The molecular weight excluding hydrogens is 180 g/mol. The minimum Gasteiger partial charge on any atom is -0.0874 e. The van der Waals surface area contributed by atoms with Crippen LogP contribution in [0.25, 0.3) is 0 Å². The Balaban J connectivity index is 2.57. The van der Waals surface area contributed by atoms with Gasteiger partial charge in [0.1, 0.15) is 0 Å². The molecule has 1 aromatic rings. The second-order valence-corrected chi connectivity index (χ2v) is 4.08. The topological polar surface area (TPSA) is 0 Å². The van der Waals surface area contributed by atoms with Gasteiger partial charge in [-0.2, -0.15) is 0 Å². The Kier molecular flexibility index (Phi) is 4.89. The molecule has 0 fully saturated rings. The van der Waals surface area contributed by atoms with Crippen molar-refractivity contribution in [3.05, 3.63) is 59.7 Å². The van der Waals surface area contributed by atoms with E-state index in [1.54, 1.807) is 0 Å². The van der Waals surface area contributed by atoms with Crippen LogP contribution in [0.1, 0.15) is 26.3 Å². The standard InChI is InChI=1S/C15H20/c1-4-8-13(2)11-14(3)12-15-9-6-5-7-10-15/h4-11,14H,12H2,1-3H3/b8-4+,13-11-. The lowest BCUT2D eigenvalue weighted by Gasteiger charge is -2.07. The first-order chi connectivity index (χ1) is 7.22. The molecule has 0 saturated heterocycles. The van der Waals surface area contributed by atoms with E-state index in [4.69, 9.17) is 0 Å². The summed E-state index contributed by atoms with van der Waals surface area (Å²) in [5.74, 6) is 0.601. The fourth-order valence-electron chi connectivity index (χ4n) is 1.81. The lowest BCUT2D eigenvalue weighted by molar-refractivity contribution is 0.719. The SMILES string of the molecule is C/C=C/C(C)=C\C(C)Cc1ccccc1. The lowest BCUT2D eigenvalue weighted by atomic mass is 9.99. The van der Waals surface area contributed by atoms with Crippen molar-refractivity contribution in [2.24, 2.45) is 5.92 Å². The van der Waals surface area contributed by atoms with E-state index >= 15 is 0 Å². The van der Waals surface area contributed by atoms with Crippen molar-refractivity contribution >= 4 is 0 Å². The van der Waals surface area contributed by atoms with E-state index in [2.05, 4.69) is 69.3 Å². The summed E-state index contributed by atoms with van der Waals surface area (Å²) in [6.07, 6.45) is 7.69. The van der Waals surface area contributed by atoms with Gasteiger partial charge < -0.3 is 0 Å². The van der Waals surface area contributed by atoms with Gasteiger partial charge in [0.15, 0.2) is 0 Å². The van der Waals surface area contributed by atoms with E-state index in [-0.39, 0.29) is 0 Å². The minimum atomic E-state index is 0.601. The number of rotatable bonds is 4. The molecule has 15 heavy (non-hydrogen) atoms. The fourth-order valence-corrected chi connectivity index (χ4v) is 1.81. The van der Waals surface area contributed by atoms with Crippen molar-refractivity contribution in [3.8, 4) is 0 Å². The molecule has 80 valence electrons. The second kappa shape index (κ2) is 6.23. The van der Waals surface area contributed by atoms with Crippen LogP contribution in [0.4, 0.5) is 0 Å². The highest BCUT2D eigenvalue weighted by Crippen LogP contribution is 2.11. The molecule has 0 spiro atoms. The summed E-state index contributed by atoms with van der Waals surface area (Å²) in [5, 5.41) is 0. The van der Waals surface area contributed by atoms with Gasteiger partial charge in [0, 0.05) is 0 Å². The Labute approximate surface area is 93.3 Å². The molecule has 0 aliphatic heterocycles. The van der Waals surface area contributed by atoms with Gasteiger partial charge in [-0.25, -0.2) is 0 Å². The Bertz CT molecular complexity index is 330. The van der Waals surface area contributed by atoms with Crippen LogP contribution in [0, 0.1) is 5.92 Å². The molecule has 1 aromatic carbocycles. The minimum absolute atomic E-state index is 0.601. The smallest absolute Gasteiger partial charge is 0.0216 e. The van der Waals surface area contributed by atoms with Gasteiger partial charge >= 0.3 is 0 Å². The van der Waals surface area contributed by atoms with Crippen molar-refractivity contribution in [2.75, 3.05) is 0 Å². The molecule has 1 rings (SSSR count). The molecule has 0 aromatic heterocycles. The first-order valence-electron chi connectivity index (χ1n) is 5.57. The van der Waals surface area contributed by atoms with Crippen molar-refractivity contribution in [1.29, 1.82) is 0 Å². The molecule has 0 bridgehead atoms. The number of allylic oxidation sites excluding steroid dienone is 4. The van der Waals surface area contributed by atoms with Crippen LogP contribution in [-0.2, 0) is 6.42 Å². The molecule has 0 N–H and O–H groups in total. The van der Waals surface area contributed by atoms with Gasteiger partial charge in [-0.15, -0.1) is 0 Å². The molecule has 0 heteroatoms. The molecular formula is C15H20. The molecule has 0 aliphatic carbocycles. The summed E-state index contributed by atoms with van der Waals surface area (Å²) in [5.41, 5.74) is 2.76. The quantitative estimate of drug-likeness (QED) is 0.632. The largest absolute Gasteiger partial charge is 0.0874 e. The molecule has 0 radical (unpaired) electrons. The Morgan fingerprint density at radius 3 is 2.53 bits per heavy atom. The molecule has 0 amide bonds. The molecule has 0 heterocycles. The normalized spacial score (nSPS) is 14.5. The third kappa shape index (κ3) is 4.64. The van der Waals surface area contributed by atoms with Crippen LogP contribution in [0.3, 0.4) is 0 Å².